The summed E-state index contributed by atoms with van der Waals surface area (Å²) in [4.78, 5) is 10.4. The van der Waals surface area contributed by atoms with Crippen molar-refractivity contribution in [2.24, 2.45) is 11.1 Å². The summed E-state index contributed by atoms with van der Waals surface area (Å²) in [5.74, 6) is -0.850. The summed E-state index contributed by atoms with van der Waals surface area (Å²) in [6.07, 6.45) is 0. The van der Waals surface area contributed by atoms with Crippen LogP contribution in [0.2, 0.25) is 0 Å². The molecule has 0 aromatic rings. The largest absolute Gasteiger partial charge is 0.481 e. The van der Waals surface area contributed by atoms with Crippen LogP contribution in [0.15, 0.2) is 0 Å². The molecule has 0 aromatic carbocycles. The van der Waals surface area contributed by atoms with Crippen LogP contribution in [0.1, 0.15) is 20.8 Å². The fourth-order valence-electron chi connectivity index (χ4n) is 0.195. The van der Waals surface area contributed by atoms with Crippen molar-refractivity contribution < 1.29 is 9.90 Å². The van der Waals surface area contributed by atoms with Gasteiger partial charge >= 0.3 is 5.97 Å². The molecule has 0 aromatic heterocycles. The van der Waals surface area contributed by atoms with Gasteiger partial charge in [0.2, 0.25) is 0 Å². The highest BCUT2D eigenvalue weighted by molar-refractivity contribution is 5.85. The van der Waals surface area contributed by atoms with E-state index in [2.05, 4.69) is 0 Å². The zero-order chi connectivity index (χ0) is 7.65. The summed E-state index contributed by atoms with van der Waals surface area (Å²) in [5, 5.41) is 8.53. The molecule has 0 rings (SSSR count). The lowest BCUT2D eigenvalue weighted by molar-refractivity contribution is -0.147. The quantitative estimate of drug-likeness (QED) is 0.642. The summed E-state index contributed by atoms with van der Waals surface area (Å²) < 4.78 is 0. The number of aliphatic carboxylic acids is 1. The number of carboxylic acid groups (broad SMARTS) is 1. The van der Waals surface area contributed by atoms with Crippen LogP contribution in [0.4, 0.5) is 0 Å². The molecule has 0 aliphatic rings. The normalized spacial score (nSPS) is 13.6. The number of hydrogen-bond donors (Lipinski definition) is 2. The number of hydrogen-bond acceptors (Lipinski definition) is 2. The minimum absolute atomic E-state index is 0. The molecule has 0 radical (unpaired) electrons. The average Bonchev–Trinajstić information content (AvgIpc) is 1.65. The zero-order valence-corrected chi connectivity index (χ0v) is 7.23. The first-order valence-electron chi connectivity index (χ1n) is 2.88. The van der Waals surface area contributed by atoms with E-state index < -0.39 is 11.4 Å². The van der Waals surface area contributed by atoms with Gasteiger partial charge in [0.25, 0.3) is 0 Å². The number of carbonyl (C=O) groups is 1. The summed E-state index contributed by atoms with van der Waals surface area (Å²) >= 11 is 0. The van der Waals surface area contributed by atoms with Crippen LogP contribution in [0.5, 0.6) is 0 Å². The van der Waals surface area contributed by atoms with E-state index in [1.807, 2.05) is 0 Å². The molecule has 0 fully saturated rings. The highest BCUT2D eigenvalue weighted by Gasteiger charge is 2.30. The summed E-state index contributed by atoms with van der Waals surface area (Å²) in [6, 6.07) is -0.310. The molecule has 0 amide bonds. The van der Waals surface area contributed by atoms with Gasteiger partial charge in [-0.2, -0.15) is 0 Å². The molecule has 62 valence electrons. The van der Waals surface area contributed by atoms with Crippen LogP contribution in [-0.2, 0) is 4.79 Å². The van der Waals surface area contributed by atoms with Gasteiger partial charge < -0.3 is 10.8 Å². The molecule has 0 aliphatic carbocycles. The second kappa shape index (κ2) is 3.78. The molecule has 0 saturated carbocycles. The van der Waals surface area contributed by atoms with E-state index >= 15 is 0 Å². The Hall–Kier alpha value is -0.280. The molecule has 0 spiro atoms. The highest BCUT2D eigenvalue weighted by Crippen LogP contribution is 2.17. The molecule has 0 bridgehead atoms. The Labute approximate surface area is 67.0 Å². The molecule has 1 unspecified atom stereocenters. The second-order valence-electron chi connectivity index (χ2n) is 2.82. The molecule has 0 saturated heterocycles. The summed E-state index contributed by atoms with van der Waals surface area (Å²) in [7, 11) is 0. The van der Waals surface area contributed by atoms with Crippen molar-refractivity contribution in [3.05, 3.63) is 0 Å². The Balaban J connectivity index is 0. The van der Waals surface area contributed by atoms with E-state index in [0.29, 0.717) is 0 Å². The topological polar surface area (TPSA) is 63.3 Å². The van der Waals surface area contributed by atoms with Crippen molar-refractivity contribution in [1.29, 1.82) is 0 Å². The van der Waals surface area contributed by atoms with E-state index in [-0.39, 0.29) is 18.4 Å². The Kier molecular flexibility index (Phi) is 4.69. The van der Waals surface area contributed by atoms with Gasteiger partial charge in [-0.1, -0.05) is 0 Å². The number of rotatable bonds is 2. The maximum atomic E-state index is 10.4. The molecular formula is C6H14ClNO2. The standard InChI is InChI=1S/C6H13NO2.ClH/c1-4(7)6(2,3)5(8)9;/h4H,7H2,1-3H3,(H,8,9);1H. The number of halogens is 1. The van der Waals surface area contributed by atoms with E-state index in [9.17, 15) is 4.79 Å². The predicted molar refractivity (Wildman–Crippen MR) is 42.3 cm³/mol. The number of carboxylic acids is 1. The minimum Gasteiger partial charge on any atom is -0.481 e. The Morgan fingerprint density at radius 3 is 1.90 bits per heavy atom. The van der Waals surface area contributed by atoms with Gasteiger partial charge in [-0.3, -0.25) is 4.79 Å². The fraction of sp³-hybridized carbons (Fsp3) is 0.833. The lowest BCUT2D eigenvalue weighted by atomic mass is 9.86. The SMILES string of the molecule is CC(N)C(C)(C)C(=O)O.Cl. The maximum absolute atomic E-state index is 10.4. The Morgan fingerprint density at radius 2 is 1.90 bits per heavy atom. The molecule has 1 atom stereocenters. The molecule has 10 heavy (non-hydrogen) atoms. The van der Waals surface area contributed by atoms with Crippen LogP contribution < -0.4 is 5.73 Å². The van der Waals surface area contributed by atoms with Crippen LogP contribution in [0.25, 0.3) is 0 Å². The van der Waals surface area contributed by atoms with Gasteiger partial charge in [0.1, 0.15) is 0 Å². The fourth-order valence-corrected chi connectivity index (χ4v) is 0.195. The van der Waals surface area contributed by atoms with Gasteiger partial charge in [0.05, 0.1) is 5.41 Å². The van der Waals surface area contributed by atoms with Crippen molar-refractivity contribution in [1.82, 2.24) is 0 Å². The summed E-state index contributed by atoms with van der Waals surface area (Å²) in [6.45, 7) is 4.91. The molecular weight excluding hydrogens is 154 g/mol. The first kappa shape index (κ1) is 12.4. The second-order valence-corrected chi connectivity index (χ2v) is 2.82. The summed E-state index contributed by atoms with van der Waals surface area (Å²) in [5.41, 5.74) is 4.58. The van der Waals surface area contributed by atoms with Crippen LogP contribution in [-0.4, -0.2) is 17.1 Å². The lowest BCUT2D eigenvalue weighted by Crippen LogP contribution is -2.40. The predicted octanol–water partition coefficient (Wildman–Crippen LogP) is 0.866. The van der Waals surface area contributed by atoms with Gasteiger partial charge in [-0.25, -0.2) is 0 Å². The third-order valence-electron chi connectivity index (χ3n) is 1.69. The first-order chi connectivity index (χ1) is 3.89. The van der Waals surface area contributed by atoms with Gasteiger partial charge in [-0.15, -0.1) is 12.4 Å². The first-order valence-corrected chi connectivity index (χ1v) is 2.88. The number of nitrogens with two attached hydrogens (primary N) is 1. The van der Waals surface area contributed by atoms with Gasteiger partial charge in [0, 0.05) is 6.04 Å². The smallest absolute Gasteiger partial charge is 0.310 e. The Morgan fingerprint density at radius 1 is 1.60 bits per heavy atom. The van der Waals surface area contributed by atoms with Crippen LogP contribution in [0.3, 0.4) is 0 Å². The van der Waals surface area contributed by atoms with Gasteiger partial charge in [-0.05, 0) is 20.8 Å². The maximum Gasteiger partial charge on any atom is 0.310 e. The molecule has 4 heteroatoms. The average molecular weight is 168 g/mol. The monoisotopic (exact) mass is 167 g/mol. The molecule has 3 N–H and O–H groups in total. The van der Waals surface area contributed by atoms with E-state index in [0.717, 1.165) is 0 Å². The van der Waals surface area contributed by atoms with Crippen LogP contribution in [0, 0.1) is 5.41 Å². The lowest BCUT2D eigenvalue weighted by Gasteiger charge is -2.22. The van der Waals surface area contributed by atoms with E-state index in [1.165, 1.54) is 0 Å². The minimum atomic E-state index is -0.850. The van der Waals surface area contributed by atoms with Gasteiger partial charge in [0.15, 0.2) is 0 Å². The van der Waals surface area contributed by atoms with E-state index in [1.54, 1.807) is 20.8 Å². The van der Waals surface area contributed by atoms with Crippen molar-refractivity contribution >= 4 is 18.4 Å². The third kappa shape index (κ3) is 2.54. The highest BCUT2D eigenvalue weighted by atomic mass is 35.5. The van der Waals surface area contributed by atoms with Crippen molar-refractivity contribution in [2.75, 3.05) is 0 Å². The van der Waals surface area contributed by atoms with Crippen LogP contribution >= 0.6 is 12.4 Å². The third-order valence-corrected chi connectivity index (χ3v) is 1.69. The molecule has 3 nitrogen and oxygen atoms in total. The van der Waals surface area contributed by atoms with E-state index in [4.69, 9.17) is 10.8 Å². The van der Waals surface area contributed by atoms with Crippen molar-refractivity contribution in [3.63, 3.8) is 0 Å². The molecule has 0 heterocycles. The van der Waals surface area contributed by atoms with Crippen molar-refractivity contribution in [2.45, 2.75) is 26.8 Å². The molecule has 0 aliphatic heterocycles. The Bertz CT molecular complexity index is 123. The van der Waals surface area contributed by atoms with Crippen molar-refractivity contribution in [3.8, 4) is 0 Å². The zero-order valence-electron chi connectivity index (χ0n) is 6.42.